The molecule has 0 saturated carbocycles. The van der Waals surface area contributed by atoms with Gasteiger partial charge in [-0.15, -0.1) is 0 Å². The number of rotatable bonds is 7. The van der Waals surface area contributed by atoms with Crippen molar-refractivity contribution in [2.45, 2.75) is 106 Å². The molecule has 2 N–H and O–H groups in total. The Balaban J connectivity index is 2.32. The fraction of sp³-hybridized carbons (Fsp3) is 0.645. The molecule has 0 aliphatic carbocycles. The first-order valence-electron chi connectivity index (χ1n) is 14.5. The van der Waals surface area contributed by atoms with Gasteiger partial charge in [0, 0.05) is 43.5 Å². The van der Waals surface area contributed by atoms with Crippen LogP contribution in [0.4, 0.5) is 9.59 Å². The zero-order valence-corrected chi connectivity index (χ0v) is 28.2. The first-order valence-corrected chi connectivity index (χ1v) is 14.9. The zero-order valence-electron chi connectivity index (χ0n) is 27.5. The highest BCUT2D eigenvalue weighted by Crippen LogP contribution is 2.27. The van der Waals surface area contributed by atoms with Gasteiger partial charge in [-0.1, -0.05) is 38.4 Å². The van der Waals surface area contributed by atoms with Gasteiger partial charge in [0.1, 0.15) is 17.2 Å². The summed E-state index contributed by atoms with van der Waals surface area (Å²) >= 11 is 6.24. The Morgan fingerprint density at radius 1 is 0.886 bits per heavy atom. The largest absolute Gasteiger partial charge is 0.452 e. The molecule has 0 radical (unpaired) electrons. The summed E-state index contributed by atoms with van der Waals surface area (Å²) in [5.41, 5.74) is -0.866. The van der Waals surface area contributed by atoms with Crippen molar-refractivity contribution in [3.63, 3.8) is 0 Å². The fourth-order valence-corrected chi connectivity index (χ4v) is 4.59. The van der Waals surface area contributed by atoms with Gasteiger partial charge < -0.3 is 34.6 Å². The summed E-state index contributed by atoms with van der Waals surface area (Å²) in [6.07, 6.45) is -2.36. The number of carbonyl (C=O) groups is 5. The molecule has 12 nitrogen and oxygen atoms in total. The molecule has 44 heavy (non-hydrogen) atoms. The van der Waals surface area contributed by atoms with Gasteiger partial charge in [0.2, 0.25) is 5.91 Å². The molecule has 1 aliphatic heterocycles. The minimum atomic E-state index is -1.15. The summed E-state index contributed by atoms with van der Waals surface area (Å²) in [6, 6.07) is 3.96. The maximum atomic E-state index is 13.8. The monoisotopic (exact) mass is 638 g/mol. The summed E-state index contributed by atoms with van der Waals surface area (Å²) in [5, 5.41) is 5.98. The Labute approximate surface area is 265 Å². The number of esters is 1. The minimum absolute atomic E-state index is 0.0162. The van der Waals surface area contributed by atoms with E-state index in [1.165, 1.54) is 16.7 Å². The summed E-state index contributed by atoms with van der Waals surface area (Å²) in [7, 11) is 0. The van der Waals surface area contributed by atoms with Crippen LogP contribution < -0.4 is 10.6 Å². The van der Waals surface area contributed by atoms with Crippen LogP contribution in [0.2, 0.25) is 5.02 Å². The molecular formula is C31H47ClN4O8. The topological polar surface area (TPSA) is 144 Å². The number of benzene rings is 1. The number of ether oxygens (including phenoxy) is 3. The van der Waals surface area contributed by atoms with E-state index >= 15 is 0 Å². The van der Waals surface area contributed by atoms with Crippen LogP contribution in [0.3, 0.4) is 0 Å². The minimum Gasteiger partial charge on any atom is -0.452 e. The van der Waals surface area contributed by atoms with Crippen LogP contribution in [0.15, 0.2) is 18.2 Å². The average molecular weight is 639 g/mol. The predicted molar refractivity (Wildman–Crippen MR) is 165 cm³/mol. The summed E-state index contributed by atoms with van der Waals surface area (Å²) in [5.74, 6) is -1.70. The van der Waals surface area contributed by atoms with Crippen molar-refractivity contribution < 1.29 is 38.2 Å². The van der Waals surface area contributed by atoms with Crippen molar-refractivity contribution >= 4 is 41.6 Å². The molecule has 0 aromatic heterocycles. The van der Waals surface area contributed by atoms with E-state index in [4.69, 9.17) is 25.8 Å². The van der Waals surface area contributed by atoms with Crippen molar-refractivity contribution in [1.29, 1.82) is 0 Å². The lowest BCUT2D eigenvalue weighted by Crippen LogP contribution is -2.64. The molecular weight excluding hydrogens is 592 g/mol. The third kappa shape index (κ3) is 11.5. The molecule has 1 aromatic carbocycles. The summed E-state index contributed by atoms with van der Waals surface area (Å²) in [4.78, 5) is 67.2. The molecule has 4 amide bonds. The van der Waals surface area contributed by atoms with Crippen LogP contribution >= 0.6 is 11.6 Å². The number of nitrogens with zero attached hydrogens (tertiary/aromatic N) is 2. The van der Waals surface area contributed by atoms with E-state index in [2.05, 4.69) is 10.6 Å². The average Bonchev–Trinajstić information content (AvgIpc) is 2.86. The second-order valence-electron chi connectivity index (χ2n) is 13.8. The number of alkyl carbamates (subject to hydrolysis) is 1. The lowest BCUT2D eigenvalue weighted by Gasteiger charge is -2.43. The molecule has 0 spiro atoms. The van der Waals surface area contributed by atoms with E-state index in [1.807, 2.05) is 0 Å². The number of halogens is 1. The highest BCUT2D eigenvalue weighted by Gasteiger charge is 2.44. The van der Waals surface area contributed by atoms with Gasteiger partial charge in [0.25, 0.3) is 5.91 Å². The Kier molecular flexibility index (Phi) is 12.1. The van der Waals surface area contributed by atoms with Crippen molar-refractivity contribution in [3.05, 3.63) is 34.3 Å². The molecule has 1 heterocycles. The number of amides is 4. The second kappa shape index (κ2) is 14.5. The number of piperazine rings is 1. The number of hydrogen-bond acceptors (Lipinski definition) is 8. The van der Waals surface area contributed by atoms with Gasteiger partial charge >= 0.3 is 18.2 Å². The Bertz CT molecular complexity index is 1230. The van der Waals surface area contributed by atoms with E-state index in [-0.39, 0.29) is 32.7 Å². The number of carbonyl (C=O) groups excluding carboxylic acids is 5. The van der Waals surface area contributed by atoms with Crippen LogP contribution in [0.25, 0.3) is 0 Å². The van der Waals surface area contributed by atoms with E-state index in [0.29, 0.717) is 16.1 Å². The van der Waals surface area contributed by atoms with Gasteiger partial charge in [-0.25, -0.2) is 9.59 Å². The Morgan fingerprint density at radius 2 is 1.48 bits per heavy atom. The Morgan fingerprint density at radius 3 is 2.02 bits per heavy atom. The van der Waals surface area contributed by atoms with E-state index in [9.17, 15) is 24.0 Å². The maximum absolute atomic E-state index is 13.8. The van der Waals surface area contributed by atoms with Gasteiger partial charge in [0.15, 0.2) is 6.10 Å². The Hall–Kier alpha value is -3.54. The highest BCUT2D eigenvalue weighted by atomic mass is 35.5. The molecule has 1 aliphatic rings. The first kappa shape index (κ1) is 36.7. The van der Waals surface area contributed by atoms with E-state index in [1.54, 1.807) is 80.5 Å². The van der Waals surface area contributed by atoms with Gasteiger partial charge in [-0.05, 0) is 64.8 Å². The molecule has 0 unspecified atom stereocenters. The lowest BCUT2D eigenvalue weighted by atomic mass is 9.87. The standard InChI is InChI=1S/C31H47ClN4O8/c1-19(37)42-24(29(2,3)4)26(39)36-14-13-35(28(41)44-31(8,9)10)18-23(36)25(38)33-17-21-15-22(32)12-11-20(21)16-34-27(40)43-30(5,6)7/h11-12,15,23-24H,13-14,16-18H2,1-10H3,(H,33,38)(H,34,40)/t23-,24-/m0/s1. The smallest absolute Gasteiger partial charge is 0.410 e. The van der Waals surface area contributed by atoms with Gasteiger partial charge in [0.05, 0.1) is 6.54 Å². The van der Waals surface area contributed by atoms with Gasteiger partial charge in [-0.3, -0.25) is 14.4 Å². The molecule has 1 fully saturated rings. The van der Waals surface area contributed by atoms with Crippen molar-refractivity contribution in [1.82, 2.24) is 20.4 Å². The van der Waals surface area contributed by atoms with Crippen LogP contribution in [-0.4, -0.2) is 82.8 Å². The molecule has 13 heteroatoms. The maximum Gasteiger partial charge on any atom is 0.410 e. The normalized spacial score (nSPS) is 16.5. The molecule has 2 atom stereocenters. The summed E-state index contributed by atoms with van der Waals surface area (Å²) < 4.78 is 16.2. The first-order chi connectivity index (χ1) is 20.1. The predicted octanol–water partition coefficient (Wildman–Crippen LogP) is 4.41. The highest BCUT2D eigenvalue weighted by molar-refractivity contribution is 6.30. The lowest BCUT2D eigenvalue weighted by molar-refractivity contribution is -0.169. The van der Waals surface area contributed by atoms with Crippen LogP contribution in [0.5, 0.6) is 0 Å². The third-order valence-electron chi connectivity index (χ3n) is 6.36. The fourth-order valence-electron chi connectivity index (χ4n) is 4.39. The number of hydrogen-bond donors (Lipinski definition) is 2. The zero-order chi connectivity index (χ0) is 33.6. The molecule has 246 valence electrons. The number of nitrogens with one attached hydrogen (secondary N) is 2. The molecule has 0 bridgehead atoms. The quantitative estimate of drug-likeness (QED) is 0.330. The second-order valence-corrected chi connectivity index (χ2v) is 14.3. The van der Waals surface area contributed by atoms with Crippen LogP contribution in [0, 0.1) is 5.41 Å². The third-order valence-corrected chi connectivity index (χ3v) is 6.59. The SMILES string of the molecule is CC(=O)O[C@@H](C(=O)N1CCN(C(=O)OC(C)(C)C)C[C@H]1C(=O)NCc1cc(Cl)ccc1CNC(=O)OC(C)(C)C)C(C)(C)C. The van der Waals surface area contributed by atoms with E-state index < -0.39 is 58.7 Å². The van der Waals surface area contributed by atoms with E-state index in [0.717, 1.165) is 0 Å². The summed E-state index contributed by atoms with van der Waals surface area (Å²) in [6.45, 7) is 17.1. The van der Waals surface area contributed by atoms with Crippen LogP contribution in [0.1, 0.15) is 80.4 Å². The van der Waals surface area contributed by atoms with Crippen molar-refractivity contribution in [3.8, 4) is 0 Å². The van der Waals surface area contributed by atoms with Gasteiger partial charge in [-0.2, -0.15) is 0 Å². The van der Waals surface area contributed by atoms with Crippen molar-refractivity contribution in [2.75, 3.05) is 19.6 Å². The van der Waals surface area contributed by atoms with Crippen molar-refractivity contribution in [2.24, 2.45) is 5.41 Å². The molecule has 1 aromatic rings. The molecule has 1 saturated heterocycles. The molecule has 2 rings (SSSR count). The van der Waals surface area contributed by atoms with Crippen LogP contribution in [-0.2, 0) is 41.7 Å².